The molecule has 33 nitrogen and oxygen atoms in total. The van der Waals surface area contributed by atoms with Crippen molar-refractivity contribution in [3.8, 4) is 0 Å². The molecule has 0 saturated heterocycles. The summed E-state index contributed by atoms with van der Waals surface area (Å²) in [5, 5.41) is 58.5. The van der Waals surface area contributed by atoms with Crippen LogP contribution in [-0.4, -0.2) is 183 Å². The number of hydrogen-bond donors (Lipinski definition) is 18. The van der Waals surface area contributed by atoms with Crippen LogP contribution in [0.25, 0.3) is 0 Å². The normalized spacial score (nSPS) is 14.7. The lowest BCUT2D eigenvalue weighted by atomic mass is 9.97. The predicted molar refractivity (Wildman–Crippen MR) is 281 cm³/mol. The van der Waals surface area contributed by atoms with Gasteiger partial charge in [-0.25, -0.2) is 4.79 Å². The summed E-state index contributed by atoms with van der Waals surface area (Å²) in [5.41, 5.74) is 27.4. The van der Waals surface area contributed by atoms with Crippen molar-refractivity contribution in [3.63, 3.8) is 0 Å². The van der Waals surface area contributed by atoms with Crippen LogP contribution in [0.5, 0.6) is 0 Å². The number of amides is 10. The first-order valence-corrected chi connectivity index (χ1v) is 25.6. The van der Waals surface area contributed by atoms with E-state index in [1.807, 2.05) is 5.32 Å². The number of guanidine groups is 1. The Labute approximate surface area is 461 Å². The number of aliphatic carboxylic acids is 4. The first-order valence-electron chi connectivity index (χ1n) is 25.6. The molecule has 0 aliphatic carbocycles. The van der Waals surface area contributed by atoms with Crippen LogP contribution in [0, 0.1) is 17.8 Å². The number of unbranched alkanes of at least 4 members (excludes halogenated alkanes) is 1. The quantitative estimate of drug-likeness (QED) is 0.0154. The summed E-state index contributed by atoms with van der Waals surface area (Å²) in [6.45, 7) is 8.60. The van der Waals surface area contributed by atoms with E-state index in [0.717, 1.165) is 0 Å². The molecule has 10 atom stereocenters. The molecule has 0 heterocycles. The Kier molecular flexibility index (Phi) is 33.0. The maximum Gasteiger partial charge on any atom is 0.326 e. The van der Waals surface area contributed by atoms with Crippen LogP contribution in [0.4, 0.5) is 0 Å². The molecule has 0 aliphatic rings. The SMILES string of the molecule is CC[C@H](C)[C@H](NC(=O)CNC(=O)[C@@H](NC(=O)[C@H](CC(=O)O)NC(=O)[C@@H](N)CCCCN)C(C)C)C(=O)N[C@@H](CCC(N)=O)C(=O)N[C@H](C(=O)N[C@@H](CC(=O)O)C(=O)N[C@@H](CCCN=C(N)N)C(=O)N[C@@H](CC(=O)O)C(=O)O)C(C)C. The van der Waals surface area contributed by atoms with Crippen molar-refractivity contribution in [1.82, 2.24) is 47.9 Å². The first-order chi connectivity index (χ1) is 37.3. The number of nitrogens with two attached hydrogens (primary N) is 5. The molecule has 0 unspecified atom stereocenters. The average Bonchev–Trinajstić information content (AvgIpc) is 3.35. The molecule has 0 fully saturated rings. The lowest BCUT2D eigenvalue weighted by molar-refractivity contribution is -0.147. The number of hydrogen-bond acceptors (Lipinski definition) is 17. The zero-order valence-corrected chi connectivity index (χ0v) is 45.7. The third-order valence-electron chi connectivity index (χ3n) is 11.9. The smallest absolute Gasteiger partial charge is 0.326 e. The standard InChI is InChI=1S/C47H81N15O18/c1-7-23(6)37(60-31(64)20-54-43(76)35(21(2)3)61-42(75)28(18-33(67)68)57-38(71)24(49)11-8-9-15-48)45(78)56-26(13-14-30(50)63)40(73)62-36(22(4)5)44(77)58-27(17-32(65)66)41(74)55-25(12-10-16-53-47(51)52)39(72)59-29(46(79)80)19-34(69)70/h21-29,35-37H,7-20,48-49H2,1-6H3,(H2,50,63)(H,54,76)(H,55,74)(H,56,78)(H,57,71)(H,58,77)(H,59,72)(H,60,64)(H,61,75)(H,62,73)(H,65,66)(H,67,68)(H,69,70)(H,79,80)(H4,51,52,53)/t23-,24-,25-,26-,27-,28-,29-,35-,36-,37-/m0/s1. The van der Waals surface area contributed by atoms with E-state index in [4.69, 9.17) is 33.8 Å². The van der Waals surface area contributed by atoms with Gasteiger partial charge in [0.15, 0.2) is 5.96 Å². The van der Waals surface area contributed by atoms with Gasteiger partial charge in [0, 0.05) is 13.0 Å². The molecule has 80 heavy (non-hydrogen) atoms. The van der Waals surface area contributed by atoms with E-state index >= 15 is 0 Å². The second kappa shape index (κ2) is 36.8. The second-order valence-electron chi connectivity index (χ2n) is 19.4. The first kappa shape index (κ1) is 71.8. The van der Waals surface area contributed by atoms with Crippen LogP contribution in [0.15, 0.2) is 4.99 Å². The predicted octanol–water partition coefficient (Wildman–Crippen LogP) is -6.38. The third-order valence-corrected chi connectivity index (χ3v) is 11.9. The summed E-state index contributed by atoms with van der Waals surface area (Å²) in [6, 6.07) is -14.4. The van der Waals surface area contributed by atoms with E-state index in [2.05, 4.69) is 47.5 Å². The summed E-state index contributed by atoms with van der Waals surface area (Å²) >= 11 is 0. The molecule has 0 bridgehead atoms. The highest BCUT2D eigenvalue weighted by molar-refractivity contribution is 5.99. The highest BCUT2D eigenvalue weighted by Crippen LogP contribution is 2.12. The van der Waals surface area contributed by atoms with E-state index in [1.54, 1.807) is 13.8 Å². The number of carboxylic acid groups (broad SMARTS) is 4. The Hall–Kier alpha value is -8.23. The Bertz CT molecular complexity index is 2230. The number of nitrogens with one attached hydrogen (secondary N) is 9. The summed E-state index contributed by atoms with van der Waals surface area (Å²) in [6.07, 6.45) is -2.89. The minimum absolute atomic E-state index is 0.0411. The van der Waals surface area contributed by atoms with Gasteiger partial charge in [0.25, 0.3) is 0 Å². The van der Waals surface area contributed by atoms with E-state index in [0.29, 0.717) is 19.4 Å². The molecule has 10 amide bonds. The number of rotatable bonds is 40. The number of primary amides is 1. The van der Waals surface area contributed by atoms with Gasteiger partial charge in [-0.15, -0.1) is 0 Å². The van der Waals surface area contributed by atoms with Crippen molar-refractivity contribution in [2.45, 2.75) is 167 Å². The van der Waals surface area contributed by atoms with Crippen molar-refractivity contribution in [2.24, 2.45) is 51.4 Å². The lowest BCUT2D eigenvalue weighted by Gasteiger charge is -2.29. The van der Waals surface area contributed by atoms with Gasteiger partial charge in [0.2, 0.25) is 59.1 Å². The molecule has 0 aromatic heterocycles. The Morgan fingerprint density at radius 1 is 0.475 bits per heavy atom. The molecule has 23 N–H and O–H groups in total. The Morgan fingerprint density at radius 3 is 1.38 bits per heavy atom. The van der Waals surface area contributed by atoms with Crippen molar-refractivity contribution >= 4 is 88.9 Å². The zero-order chi connectivity index (χ0) is 61.6. The van der Waals surface area contributed by atoms with Crippen LogP contribution < -0.4 is 76.5 Å². The largest absolute Gasteiger partial charge is 0.481 e. The maximum atomic E-state index is 14.0. The van der Waals surface area contributed by atoms with Crippen molar-refractivity contribution in [3.05, 3.63) is 0 Å². The fourth-order valence-corrected chi connectivity index (χ4v) is 7.24. The van der Waals surface area contributed by atoms with E-state index < -0.39 is 194 Å². The molecule has 0 rings (SSSR count). The minimum Gasteiger partial charge on any atom is -0.481 e. The van der Waals surface area contributed by atoms with Crippen molar-refractivity contribution < 1.29 is 87.5 Å². The molecule has 0 spiro atoms. The number of aliphatic imine (C=N–C) groups is 1. The molecule has 0 radical (unpaired) electrons. The van der Waals surface area contributed by atoms with Crippen molar-refractivity contribution in [1.29, 1.82) is 0 Å². The van der Waals surface area contributed by atoms with Crippen LogP contribution in [0.2, 0.25) is 0 Å². The van der Waals surface area contributed by atoms with E-state index in [1.165, 1.54) is 27.7 Å². The molecule has 0 aliphatic heterocycles. The molecular weight excluding hydrogens is 1060 g/mol. The van der Waals surface area contributed by atoms with Gasteiger partial charge < -0.3 is 96.9 Å². The van der Waals surface area contributed by atoms with Crippen LogP contribution >= 0.6 is 0 Å². The third kappa shape index (κ3) is 28.4. The van der Waals surface area contributed by atoms with Crippen LogP contribution in [0.3, 0.4) is 0 Å². The molecule has 33 heteroatoms. The van der Waals surface area contributed by atoms with Gasteiger partial charge in [-0.05, 0) is 56.4 Å². The molecular formula is C47H81N15O18. The summed E-state index contributed by atoms with van der Waals surface area (Å²) in [4.78, 5) is 184. The van der Waals surface area contributed by atoms with Crippen LogP contribution in [-0.2, 0) is 67.1 Å². The monoisotopic (exact) mass is 1140 g/mol. The van der Waals surface area contributed by atoms with Crippen molar-refractivity contribution in [2.75, 3.05) is 19.6 Å². The Morgan fingerprint density at radius 2 is 0.900 bits per heavy atom. The van der Waals surface area contributed by atoms with Gasteiger partial charge in [-0.1, -0.05) is 54.4 Å². The summed E-state index contributed by atoms with van der Waals surface area (Å²) in [5.74, 6) is -19.3. The topological polar surface area (TPSA) is 571 Å². The highest BCUT2D eigenvalue weighted by Gasteiger charge is 2.37. The van der Waals surface area contributed by atoms with Gasteiger partial charge >= 0.3 is 23.9 Å². The number of carbonyl (C=O) groups excluding carboxylic acids is 10. The number of carbonyl (C=O) groups is 14. The maximum absolute atomic E-state index is 14.0. The fraction of sp³-hybridized carbons (Fsp3) is 0.681. The Balaban J connectivity index is 6.48. The molecule has 0 aromatic rings. The van der Waals surface area contributed by atoms with E-state index in [9.17, 15) is 82.4 Å². The van der Waals surface area contributed by atoms with Gasteiger partial charge in [0.05, 0.1) is 31.8 Å². The van der Waals surface area contributed by atoms with Gasteiger partial charge in [-0.3, -0.25) is 67.3 Å². The second-order valence-corrected chi connectivity index (χ2v) is 19.4. The average molecular weight is 1140 g/mol. The fourth-order valence-electron chi connectivity index (χ4n) is 7.24. The highest BCUT2D eigenvalue weighted by atomic mass is 16.4. The van der Waals surface area contributed by atoms with Crippen LogP contribution in [0.1, 0.15) is 112 Å². The van der Waals surface area contributed by atoms with E-state index in [-0.39, 0.29) is 38.2 Å². The molecule has 0 aromatic carbocycles. The number of nitrogens with zero attached hydrogens (tertiary/aromatic N) is 1. The summed E-state index contributed by atoms with van der Waals surface area (Å²) < 4.78 is 0. The molecule has 452 valence electrons. The zero-order valence-electron chi connectivity index (χ0n) is 45.7. The number of carboxylic acids is 4. The van der Waals surface area contributed by atoms with Gasteiger partial charge in [-0.2, -0.15) is 0 Å². The summed E-state index contributed by atoms with van der Waals surface area (Å²) in [7, 11) is 0. The molecule has 0 saturated carbocycles. The lowest BCUT2D eigenvalue weighted by Crippen LogP contribution is -2.61. The van der Waals surface area contributed by atoms with Gasteiger partial charge in [0.1, 0.15) is 48.3 Å². The minimum atomic E-state index is -1.98.